The number of azo groups is 1. The molecule has 0 saturated heterocycles. The second kappa shape index (κ2) is 5.42. The molecular formula is C14H17N3O3. The minimum Gasteiger partial charge on any atom is -0.493 e. The van der Waals surface area contributed by atoms with Gasteiger partial charge in [-0.1, -0.05) is 32.0 Å². The van der Waals surface area contributed by atoms with Gasteiger partial charge in [0.05, 0.1) is 5.52 Å². The first-order valence-corrected chi connectivity index (χ1v) is 6.50. The third-order valence-corrected chi connectivity index (χ3v) is 3.47. The maximum Gasteiger partial charge on any atom is 0.296 e. The van der Waals surface area contributed by atoms with Crippen LogP contribution in [0.3, 0.4) is 0 Å². The molecule has 0 bridgehead atoms. The van der Waals surface area contributed by atoms with Crippen LogP contribution >= 0.6 is 0 Å². The van der Waals surface area contributed by atoms with Crippen LogP contribution in [0.15, 0.2) is 34.5 Å². The number of aromatic hydroxyl groups is 1. The largest absolute Gasteiger partial charge is 0.493 e. The van der Waals surface area contributed by atoms with E-state index in [4.69, 9.17) is 0 Å². The number of aromatic amines is 1. The van der Waals surface area contributed by atoms with Gasteiger partial charge in [-0.25, -0.2) is 0 Å². The van der Waals surface area contributed by atoms with Gasteiger partial charge in [0.25, 0.3) is 5.91 Å². The molecule has 6 heteroatoms. The number of benzene rings is 1. The van der Waals surface area contributed by atoms with Gasteiger partial charge >= 0.3 is 0 Å². The third-order valence-electron chi connectivity index (χ3n) is 3.47. The molecule has 0 aliphatic rings. The summed E-state index contributed by atoms with van der Waals surface area (Å²) in [5.74, 6) is -0.855. The van der Waals surface area contributed by atoms with Gasteiger partial charge in [-0.05, 0) is 18.9 Å². The van der Waals surface area contributed by atoms with Crippen LogP contribution < -0.4 is 0 Å². The Labute approximate surface area is 116 Å². The van der Waals surface area contributed by atoms with Crippen molar-refractivity contribution in [1.82, 2.24) is 4.98 Å². The van der Waals surface area contributed by atoms with Gasteiger partial charge in [0.1, 0.15) is 5.60 Å². The predicted octanol–water partition coefficient (Wildman–Crippen LogP) is 3.03. The fraction of sp³-hybridized carbons (Fsp3) is 0.357. The summed E-state index contributed by atoms with van der Waals surface area (Å²) in [6.45, 7) is 3.42. The van der Waals surface area contributed by atoms with Crippen LogP contribution in [0.5, 0.6) is 5.88 Å². The van der Waals surface area contributed by atoms with E-state index in [1.54, 1.807) is 32.0 Å². The summed E-state index contributed by atoms with van der Waals surface area (Å²) in [7, 11) is 0. The van der Waals surface area contributed by atoms with Gasteiger partial charge < -0.3 is 15.2 Å². The number of fused-ring (bicyclic) bond motifs is 1. The first-order valence-electron chi connectivity index (χ1n) is 6.50. The van der Waals surface area contributed by atoms with Crippen molar-refractivity contribution in [2.75, 3.05) is 0 Å². The molecular weight excluding hydrogens is 258 g/mol. The molecule has 106 valence electrons. The molecule has 0 saturated carbocycles. The average molecular weight is 275 g/mol. The zero-order valence-corrected chi connectivity index (χ0v) is 11.4. The SMILES string of the molecule is CCC(O)(CC)C(=O)N=Nc1c(O)[nH]c2ccccc12. The lowest BCUT2D eigenvalue weighted by atomic mass is 9.97. The molecule has 2 aromatic rings. The van der Waals surface area contributed by atoms with E-state index in [-0.39, 0.29) is 24.4 Å². The van der Waals surface area contributed by atoms with Crippen LogP contribution in [0.2, 0.25) is 0 Å². The number of aliphatic hydroxyl groups is 1. The molecule has 1 amide bonds. The highest BCUT2D eigenvalue weighted by Gasteiger charge is 2.32. The molecule has 3 N–H and O–H groups in total. The Balaban J connectivity index is 2.35. The topological polar surface area (TPSA) is 98.0 Å². The van der Waals surface area contributed by atoms with Gasteiger partial charge in [-0.2, -0.15) is 0 Å². The highest BCUT2D eigenvalue weighted by Crippen LogP contribution is 2.35. The molecule has 0 fully saturated rings. The lowest BCUT2D eigenvalue weighted by Gasteiger charge is -2.19. The van der Waals surface area contributed by atoms with Crippen LogP contribution in [-0.4, -0.2) is 26.7 Å². The van der Waals surface area contributed by atoms with Gasteiger partial charge in [0.2, 0.25) is 5.88 Å². The molecule has 0 atom stereocenters. The molecule has 0 spiro atoms. The monoisotopic (exact) mass is 275 g/mol. The molecule has 0 unspecified atom stereocenters. The molecule has 0 aliphatic carbocycles. The van der Waals surface area contributed by atoms with Gasteiger partial charge in [0.15, 0.2) is 5.69 Å². The lowest BCUT2D eigenvalue weighted by Crippen LogP contribution is -2.35. The molecule has 1 aromatic carbocycles. The zero-order chi connectivity index (χ0) is 14.8. The van der Waals surface area contributed by atoms with Crippen molar-refractivity contribution in [3.63, 3.8) is 0 Å². The van der Waals surface area contributed by atoms with E-state index < -0.39 is 11.5 Å². The first kappa shape index (κ1) is 14.2. The summed E-state index contributed by atoms with van der Waals surface area (Å²) >= 11 is 0. The fourth-order valence-corrected chi connectivity index (χ4v) is 1.96. The maximum absolute atomic E-state index is 11.9. The van der Waals surface area contributed by atoms with Crippen LogP contribution in [0.1, 0.15) is 26.7 Å². The molecule has 0 radical (unpaired) electrons. The van der Waals surface area contributed by atoms with Gasteiger partial charge in [-0.3, -0.25) is 4.79 Å². The van der Waals surface area contributed by atoms with Crippen molar-refractivity contribution < 1.29 is 15.0 Å². The number of carbonyl (C=O) groups excluding carboxylic acids is 1. The molecule has 1 heterocycles. The molecule has 2 rings (SSSR count). The average Bonchev–Trinajstić information content (AvgIpc) is 2.79. The Kier molecular flexibility index (Phi) is 3.85. The quantitative estimate of drug-likeness (QED) is 0.748. The third kappa shape index (κ3) is 2.42. The number of carbonyl (C=O) groups is 1. The summed E-state index contributed by atoms with van der Waals surface area (Å²) in [4.78, 5) is 14.6. The molecule has 0 aliphatic heterocycles. The van der Waals surface area contributed by atoms with Crippen LogP contribution in [-0.2, 0) is 4.79 Å². The van der Waals surface area contributed by atoms with Gasteiger partial charge in [0, 0.05) is 5.39 Å². The summed E-state index contributed by atoms with van der Waals surface area (Å²) in [5.41, 5.74) is -0.596. The maximum atomic E-state index is 11.9. The van der Waals surface area contributed by atoms with Crippen LogP contribution in [0.25, 0.3) is 10.9 Å². The first-order chi connectivity index (χ1) is 9.51. The second-order valence-electron chi connectivity index (χ2n) is 4.61. The van der Waals surface area contributed by atoms with Crippen molar-refractivity contribution in [2.45, 2.75) is 32.3 Å². The molecule has 1 aromatic heterocycles. The van der Waals surface area contributed by atoms with Crippen LogP contribution in [0.4, 0.5) is 5.69 Å². The van der Waals surface area contributed by atoms with E-state index in [2.05, 4.69) is 15.2 Å². The minimum absolute atomic E-state index is 0.153. The van der Waals surface area contributed by atoms with Crippen molar-refractivity contribution in [1.29, 1.82) is 0 Å². The number of rotatable bonds is 4. The Morgan fingerprint density at radius 1 is 1.30 bits per heavy atom. The van der Waals surface area contributed by atoms with Crippen molar-refractivity contribution >= 4 is 22.5 Å². The number of aromatic nitrogens is 1. The minimum atomic E-state index is -1.49. The van der Waals surface area contributed by atoms with Crippen LogP contribution in [0, 0.1) is 0 Å². The number of H-pyrrole nitrogens is 1. The molecule has 20 heavy (non-hydrogen) atoms. The number of hydrogen-bond donors (Lipinski definition) is 3. The van der Waals surface area contributed by atoms with Crippen molar-refractivity contribution in [2.24, 2.45) is 10.2 Å². The summed E-state index contributed by atoms with van der Waals surface area (Å²) in [5, 5.41) is 27.8. The fourth-order valence-electron chi connectivity index (χ4n) is 1.96. The number of para-hydroxylation sites is 1. The van der Waals surface area contributed by atoms with E-state index in [1.807, 2.05) is 6.07 Å². The standard InChI is InChI=1S/C14H17N3O3/c1-3-14(20,4-2)13(19)17-16-11-9-7-5-6-8-10(9)15-12(11)18/h5-8,15,18,20H,3-4H2,1-2H3. The van der Waals surface area contributed by atoms with E-state index in [0.29, 0.717) is 10.9 Å². The summed E-state index contributed by atoms with van der Waals surface area (Å²) in [6, 6.07) is 7.16. The molecule has 6 nitrogen and oxygen atoms in total. The summed E-state index contributed by atoms with van der Waals surface area (Å²) < 4.78 is 0. The smallest absolute Gasteiger partial charge is 0.296 e. The highest BCUT2D eigenvalue weighted by molar-refractivity contribution is 5.94. The summed E-state index contributed by atoms with van der Waals surface area (Å²) in [6.07, 6.45) is 0.530. The normalized spacial score (nSPS) is 12.3. The number of nitrogens with one attached hydrogen (secondary N) is 1. The Morgan fingerprint density at radius 2 is 1.95 bits per heavy atom. The highest BCUT2D eigenvalue weighted by atomic mass is 16.3. The zero-order valence-electron chi connectivity index (χ0n) is 11.4. The number of amides is 1. The van der Waals surface area contributed by atoms with E-state index in [0.717, 1.165) is 0 Å². The van der Waals surface area contributed by atoms with E-state index in [1.165, 1.54) is 0 Å². The van der Waals surface area contributed by atoms with E-state index >= 15 is 0 Å². The van der Waals surface area contributed by atoms with Crippen molar-refractivity contribution in [3.8, 4) is 5.88 Å². The Morgan fingerprint density at radius 3 is 2.60 bits per heavy atom. The Hall–Kier alpha value is -2.21. The second-order valence-corrected chi connectivity index (χ2v) is 4.61. The lowest BCUT2D eigenvalue weighted by molar-refractivity contribution is -0.137. The number of hydrogen-bond acceptors (Lipinski definition) is 4. The van der Waals surface area contributed by atoms with Crippen molar-refractivity contribution in [3.05, 3.63) is 24.3 Å². The predicted molar refractivity (Wildman–Crippen MR) is 75.0 cm³/mol. The van der Waals surface area contributed by atoms with Gasteiger partial charge in [-0.15, -0.1) is 10.2 Å². The van der Waals surface area contributed by atoms with E-state index in [9.17, 15) is 15.0 Å². The number of nitrogens with zero attached hydrogens (tertiary/aromatic N) is 2. The Bertz CT molecular complexity index is 657.